The molecule has 0 unspecified atom stereocenters. The van der Waals surface area contributed by atoms with Crippen molar-refractivity contribution in [1.29, 1.82) is 0 Å². The number of aliphatic hydroxyl groups is 1. The molecule has 6 nitrogen and oxygen atoms in total. The summed E-state index contributed by atoms with van der Waals surface area (Å²) in [7, 11) is 3.17. The number of hydrogen-bond donors (Lipinski definition) is 1. The molecule has 1 fully saturated rings. The van der Waals surface area contributed by atoms with E-state index >= 15 is 0 Å². The smallest absolute Gasteiger partial charge is 0.259 e. The Balaban J connectivity index is 1.65. The number of nitrogens with zero attached hydrogens (tertiary/aromatic N) is 1. The average Bonchev–Trinajstić information content (AvgIpc) is 2.81. The van der Waals surface area contributed by atoms with Crippen molar-refractivity contribution >= 4 is 11.6 Å². The van der Waals surface area contributed by atoms with Crippen molar-refractivity contribution in [1.82, 2.24) is 0 Å². The van der Waals surface area contributed by atoms with Gasteiger partial charge in [-0.15, -0.1) is 0 Å². The van der Waals surface area contributed by atoms with Gasteiger partial charge in [-0.25, -0.2) is 0 Å². The van der Waals surface area contributed by atoms with Gasteiger partial charge in [-0.05, 0) is 42.0 Å². The maximum Gasteiger partial charge on any atom is 0.259 e. The number of methoxy groups -OCH3 is 2. The summed E-state index contributed by atoms with van der Waals surface area (Å²) in [6, 6.07) is 21.8. The molecular formula is C24H23NO5. The molecule has 0 aliphatic carbocycles. The molecule has 0 aromatic heterocycles. The van der Waals surface area contributed by atoms with Gasteiger partial charge in [0.25, 0.3) is 5.91 Å². The van der Waals surface area contributed by atoms with Crippen LogP contribution in [0.4, 0.5) is 5.69 Å². The predicted molar refractivity (Wildman–Crippen MR) is 113 cm³/mol. The first-order valence-corrected chi connectivity index (χ1v) is 9.62. The van der Waals surface area contributed by atoms with Gasteiger partial charge < -0.3 is 19.3 Å². The fourth-order valence-electron chi connectivity index (χ4n) is 3.56. The molecule has 4 rings (SSSR count). The number of aliphatic hydroxyl groups excluding tert-OH is 1. The summed E-state index contributed by atoms with van der Waals surface area (Å²) >= 11 is 0. The normalized spacial score (nSPS) is 18.0. The Hall–Kier alpha value is -3.51. The van der Waals surface area contributed by atoms with Crippen LogP contribution in [-0.2, 0) is 11.4 Å². The summed E-state index contributed by atoms with van der Waals surface area (Å²) in [6.45, 7) is 0.361. The lowest BCUT2D eigenvalue weighted by Gasteiger charge is -2.45. The number of ether oxygens (including phenoxy) is 3. The topological polar surface area (TPSA) is 68.2 Å². The zero-order valence-corrected chi connectivity index (χ0v) is 16.8. The highest BCUT2D eigenvalue weighted by Crippen LogP contribution is 2.44. The third-order valence-corrected chi connectivity index (χ3v) is 5.19. The Kier molecular flexibility index (Phi) is 5.59. The van der Waals surface area contributed by atoms with E-state index in [2.05, 4.69) is 0 Å². The maximum absolute atomic E-state index is 12.5. The molecule has 1 aliphatic rings. The summed E-state index contributed by atoms with van der Waals surface area (Å²) in [6.07, 6.45) is -1.14. The van der Waals surface area contributed by atoms with E-state index in [9.17, 15) is 9.90 Å². The van der Waals surface area contributed by atoms with Crippen molar-refractivity contribution in [3.63, 3.8) is 0 Å². The fraction of sp³-hybridized carbons (Fsp3) is 0.208. The third-order valence-electron chi connectivity index (χ3n) is 5.19. The van der Waals surface area contributed by atoms with E-state index < -0.39 is 12.1 Å². The van der Waals surface area contributed by atoms with E-state index in [1.165, 1.54) is 0 Å². The van der Waals surface area contributed by atoms with E-state index in [0.717, 1.165) is 11.1 Å². The Morgan fingerprint density at radius 2 is 1.57 bits per heavy atom. The molecule has 1 amide bonds. The summed E-state index contributed by atoms with van der Waals surface area (Å²) in [5.74, 6) is 1.54. The second-order valence-corrected chi connectivity index (χ2v) is 6.97. The molecule has 30 heavy (non-hydrogen) atoms. The molecule has 1 aliphatic heterocycles. The van der Waals surface area contributed by atoms with Crippen LogP contribution in [0, 0.1) is 0 Å². The molecule has 0 spiro atoms. The van der Waals surface area contributed by atoms with Crippen LogP contribution in [0.15, 0.2) is 72.8 Å². The molecular weight excluding hydrogens is 382 g/mol. The van der Waals surface area contributed by atoms with Crippen LogP contribution in [0.3, 0.4) is 0 Å². The van der Waals surface area contributed by atoms with Crippen LogP contribution in [0.2, 0.25) is 0 Å². The highest BCUT2D eigenvalue weighted by molar-refractivity contribution is 6.05. The minimum Gasteiger partial charge on any atom is -0.497 e. The van der Waals surface area contributed by atoms with Gasteiger partial charge in [-0.3, -0.25) is 9.69 Å². The quantitative estimate of drug-likeness (QED) is 0.607. The standard InChI is InChI=1S/C24H23NO5/c1-28-18-10-8-17(9-11-18)25-22(23(26)24(25)27)20-13-12-19(29-2)14-21(20)30-15-16-6-4-3-5-7-16/h3-14,22-23,26H,15H2,1-2H3/t22-,23+/m1/s1. The van der Waals surface area contributed by atoms with E-state index in [4.69, 9.17) is 14.2 Å². The highest BCUT2D eigenvalue weighted by atomic mass is 16.5. The highest BCUT2D eigenvalue weighted by Gasteiger charge is 2.49. The Bertz CT molecular complexity index is 1020. The second-order valence-electron chi connectivity index (χ2n) is 6.97. The molecule has 2 atom stereocenters. The van der Waals surface area contributed by atoms with E-state index in [0.29, 0.717) is 29.5 Å². The number of carbonyl (C=O) groups is 1. The first-order valence-electron chi connectivity index (χ1n) is 9.62. The van der Waals surface area contributed by atoms with Crippen LogP contribution in [0.1, 0.15) is 17.2 Å². The van der Waals surface area contributed by atoms with E-state index in [1.807, 2.05) is 36.4 Å². The Morgan fingerprint density at radius 3 is 2.23 bits per heavy atom. The summed E-state index contributed by atoms with van der Waals surface area (Å²) in [4.78, 5) is 14.1. The molecule has 0 radical (unpaired) electrons. The van der Waals surface area contributed by atoms with Crippen LogP contribution in [0.5, 0.6) is 17.2 Å². The molecule has 6 heteroatoms. The molecule has 3 aromatic rings. The lowest BCUT2D eigenvalue weighted by atomic mass is 9.89. The summed E-state index contributed by atoms with van der Waals surface area (Å²) in [5, 5.41) is 10.5. The van der Waals surface area contributed by atoms with Crippen molar-refractivity contribution in [2.45, 2.75) is 18.8 Å². The number of carbonyl (C=O) groups excluding carboxylic acids is 1. The Morgan fingerprint density at radius 1 is 0.900 bits per heavy atom. The van der Waals surface area contributed by atoms with Crippen LogP contribution in [0.25, 0.3) is 0 Å². The minimum atomic E-state index is -1.14. The lowest BCUT2D eigenvalue weighted by molar-refractivity contribution is -0.137. The number of anilines is 1. The fourth-order valence-corrected chi connectivity index (χ4v) is 3.56. The van der Waals surface area contributed by atoms with Crippen molar-refractivity contribution in [3.8, 4) is 17.2 Å². The largest absolute Gasteiger partial charge is 0.497 e. The van der Waals surface area contributed by atoms with Gasteiger partial charge in [0.15, 0.2) is 6.10 Å². The van der Waals surface area contributed by atoms with Crippen LogP contribution in [-0.4, -0.2) is 31.3 Å². The molecule has 0 saturated carbocycles. The molecule has 1 saturated heterocycles. The van der Waals surface area contributed by atoms with Crippen molar-refractivity contribution in [3.05, 3.63) is 83.9 Å². The van der Waals surface area contributed by atoms with Gasteiger partial charge in [0.1, 0.15) is 29.9 Å². The molecule has 3 aromatic carbocycles. The summed E-state index contributed by atoms with van der Waals surface area (Å²) in [5.41, 5.74) is 2.42. The van der Waals surface area contributed by atoms with Crippen molar-refractivity contribution in [2.75, 3.05) is 19.1 Å². The molecule has 1 N–H and O–H groups in total. The van der Waals surface area contributed by atoms with E-state index in [-0.39, 0.29) is 5.91 Å². The molecule has 1 heterocycles. The second kappa shape index (κ2) is 8.47. The minimum absolute atomic E-state index is 0.352. The SMILES string of the molecule is COc1ccc(N2C(=O)[C@@H](O)[C@H]2c2ccc(OC)cc2OCc2ccccc2)cc1. The number of benzene rings is 3. The van der Waals surface area contributed by atoms with Gasteiger partial charge in [0.2, 0.25) is 0 Å². The van der Waals surface area contributed by atoms with Crippen molar-refractivity contribution < 1.29 is 24.1 Å². The molecule has 0 bridgehead atoms. The Labute approximate surface area is 175 Å². The van der Waals surface area contributed by atoms with Gasteiger partial charge in [-0.1, -0.05) is 30.3 Å². The lowest BCUT2D eigenvalue weighted by Crippen LogP contribution is -2.59. The summed E-state index contributed by atoms with van der Waals surface area (Å²) < 4.78 is 16.6. The number of hydrogen-bond acceptors (Lipinski definition) is 5. The van der Waals surface area contributed by atoms with Crippen molar-refractivity contribution in [2.24, 2.45) is 0 Å². The van der Waals surface area contributed by atoms with Gasteiger partial charge in [-0.2, -0.15) is 0 Å². The number of amides is 1. The van der Waals surface area contributed by atoms with Gasteiger partial charge >= 0.3 is 0 Å². The predicted octanol–water partition coefficient (Wildman–Crippen LogP) is 3.73. The maximum atomic E-state index is 12.5. The molecule has 154 valence electrons. The monoisotopic (exact) mass is 405 g/mol. The van der Waals surface area contributed by atoms with Crippen LogP contribution < -0.4 is 19.1 Å². The van der Waals surface area contributed by atoms with Crippen LogP contribution >= 0.6 is 0 Å². The first kappa shape index (κ1) is 19.8. The van der Waals surface area contributed by atoms with E-state index in [1.54, 1.807) is 55.5 Å². The zero-order chi connectivity index (χ0) is 21.1. The number of β-lactam (4-membered cyclic amide) rings is 1. The number of rotatable bonds is 7. The third kappa shape index (κ3) is 3.69. The average molecular weight is 405 g/mol. The first-order chi connectivity index (χ1) is 14.6. The zero-order valence-electron chi connectivity index (χ0n) is 16.8. The van der Waals surface area contributed by atoms with Gasteiger partial charge in [0, 0.05) is 17.3 Å². The van der Waals surface area contributed by atoms with Gasteiger partial charge in [0.05, 0.1) is 14.2 Å².